The van der Waals surface area contributed by atoms with Crippen molar-refractivity contribution in [2.45, 2.75) is 59.1 Å². The van der Waals surface area contributed by atoms with E-state index in [1.807, 2.05) is 36.4 Å². The summed E-state index contributed by atoms with van der Waals surface area (Å²) < 4.78 is 50.8. The van der Waals surface area contributed by atoms with Gasteiger partial charge in [-0.25, -0.2) is 18.6 Å². The highest BCUT2D eigenvalue weighted by Crippen LogP contribution is 2.46. The topological polar surface area (TPSA) is 87.2 Å². The zero-order valence-corrected chi connectivity index (χ0v) is 29.3. The zero-order valence-electron chi connectivity index (χ0n) is 29.3. The Labute approximate surface area is 291 Å². The van der Waals surface area contributed by atoms with Gasteiger partial charge in [-0.05, 0) is 84.1 Å². The van der Waals surface area contributed by atoms with Crippen molar-refractivity contribution in [3.63, 3.8) is 0 Å². The van der Waals surface area contributed by atoms with E-state index in [9.17, 15) is 18.4 Å². The number of hydrogen-bond donors (Lipinski definition) is 0. The van der Waals surface area contributed by atoms with Crippen molar-refractivity contribution in [3.05, 3.63) is 94.2 Å². The van der Waals surface area contributed by atoms with Crippen molar-refractivity contribution in [3.8, 4) is 17.2 Å². The van der Waals surface area contributed by atoms with Gasteiger partial charge in [-0.15, -0.1) is 0 Å². The highest BCUT2D eigenvalue weighted by Gasteiger charge is 2.38. The number of aromatic nitrogens is 1. The van der Waals surface area contributed by atoms with Crippen molar-refractivity contribution < 1.29 is 37.3 Å². The molecule has 50 heavy (non-hydrogen) atoms. The first-order valence-corrected chi connectivity index (χ1v) is 16.8. The lowest BCUT2D eigenvalue weighted by atomic mass is 9.69. The maximum absolute atomic E-state index is 14.5. The minimum Gasteiger partial charge on any atom is -0.493 e. The number of benzene rings is 3. The van der Waals surface area contributed by atoms with Crippen LogP contribution in [-0.4, -0.2) is 55.7 Å². The van der Waals surface area contributed by atoms with Crippen molar-refractivity contribution >= 4 is 34.4 Å². The van der Waals surface area contributed by atoms with Crippen molar-refractivity contribution in [2.24, 2.45) is 11.3 Å². The number of hydrogen-bond acceptors (Lipinski definition) is 7. The molecule has 0 spiro atoms. The summed E-state index contributed by atoms with van der Waals surface area (Å²) in [5.41, 5.74) is 4.34. The van der Waals surface area contributed by atoms with E-state index in [2.05, 4.69) is 26.8 Å². The summed E-state index contributed by atoms with van der Waals surface area (Å²) in [6, 6.07) is 14.5. The van der Waals surface area contributed by atoms with E-state index in [-0.39, 0.29) is 23.4 Å². The predicted octanol–water partition coefficient (Wildman–Crippen LogP) is 8.04. The summed E-state index contributed by atoms with van der Waals surface area (Å²) in [6.45, 7) is 6.89. The molecule has 1 aromatic heterocycles. The quantitative estimate of drug-likeness (QED) is 0.174. The van der Waals surface area contributed by atoms with Crippen LogP contribution in [0, 0.1) is 23.0 Å². The molecule has 0 bridgehead atoms. The third-order valence-electron chi connectivity index (χ3n) is 9.78. The first kappa shape index (κ1) is 34.9. The number of methoxy groups -OCH3 is 3. The molecule has 0 radical (unpaired) electrons. The molecular weight excluding hydrogens is 642 g/mol. The van der Waals surface area contributed by atoms with Crippen molar-refractivity contribution in [1.29, 1.82) is 0 Å². The Balaban J connectivity index is 1.41. The Morgan fingerprint density at radius 3 is 2.36 bits per heavy atom. The number of para-hydroxylation sites is 1. The number of pyridine rings is 1. The highest BCUT2D eigenvalue weighted by atomic mass is 19.1. The predicted molar refractivity (Wildman–Crippen MR) is 187 cm³/mol. The van der Waals surface area contributed by atoms with Crippen LogP contribution in [0.1, 0.15) is 72.8 Å². The van der Waals surface area contributed by atoms with E-state index in [0.717, 1.165) is 28.8 Å². The molecule has 2 unspecified atom stereocenters. The Morgan fingerprint density at radius 1 is 0.980 bits per heavy atom. The molecule has 2 atom stereocenters. The number of halogens is 2. The lowest BCUT2D eigenvalue weighted by Gasteiger charge is -2.37. The minimum atomic E-state index is -1.04. The number of piperidine rings is 1. The molecule has 6 rings (SSSR count). The number of carbonyl (C=O) groups excluding carboxylic acids is 2. The number of nitrogens with zero attached hydrogens (tertiary/aromatic N) is 2. The van der Waals surface area contributed by atoms with E-state index < -0.39 is 29.6 Å². The van der Waals surface area contributed by atoms with Gasteiger partial charge in [-0.3, -0.25) is 4.79 Å². The van der Waals surface area contributed by atoms with E-state index in [1.165, 1.54) is 11.0 Å². The van der Waals surface area contributed by atoms with E-state index in [1.54, 1.807) is 21.3 Å². The fraction of sp³-hybridized carbons (Fsp3) is 0.375. The molecule has 1 amide bonds. The third kappa shape index (κ3) is 6.88. The second kappa shape index (κ2) is 14.1. The molecule has 2 heterocycles. The lowest BCUT2D eigenvalue weighted by molar-refractivity contribution is -0.145. The van der Waals surface area contributed by atoms with Crippen LogP contribution in [0.25, 0.3) is 22.6 Å². The van der Waals surface area contributed by atoms with Gasteiger partial charge in [0.1, 0.15) is 11.6 Å². The number of rotatable bonds is 8. The minimum absolute atomic E-state index is 0.0467. The molecule has 4 aromatic rings. The van der Waals surface area contributed by atoms with Gasteiger partial charge in [0.25, 0.3) is 5.91 Å². The fourth-order valence-electron chi connectivity index (χ4n) is 6.97. The first-order valence-electron chi connectivity index (χ1n) is 16.8. The largest absolute Gasteiger partial charge is 0.493 e. The van der Waals surface area contributed by atoms with Crippen molar-refractivity contribution in [2.75, 3.05) is 27.9 Å². The summed E-state index contributed by atoms with van der Waals surface area (Å²) in [5, 5.41) is 0.645. The summed E-state index contributed by atoms with van der Waals surface area (Å²) in [7, 11) is 4.70. The van der Waals surface area contributed by atoms with Crippen LogP contribution in [0.2, 0.25) is 0 Å². The van der Waals surface area contributed by atoms with Gasteiger partial charge in [0.15, 0.2) is 17.6 Å². The molecule has 262 valence electrons. The molecule has 10 heteroatoms. The zero-order chi connectivity index (χ0) is 35.7. The van der Waals surface area contributed by atoms with Gasteiger partial charge in [-0.2, -0.15) is 0 Å². The van der Waals surface area contributed by atoms with Gasteiger partial charge in [0.2, 0.25) is 5.75 Å². The summed E-state index contributed by atoms with van der Waals surface area (Å²) >= 11 is 0. The second-order valence-electron chi connectivity index (χ2n) is 14.0. The van der Waals surface area contributed by atoms with Crippen molar-refractivity contribution in [1.82, 2.24) is 9.88 Å². The third-order valence-corrected chi connectivity index (χ3v) is 9.78. The van der Waals surface area contributed by atoms with Crippen LogP contribution in [0.3, 0.4) is 0 Å². The SMILES string of the molecule is COc1cc(/C=C2/CC(C(C)(C)C)Cc3c2nc2ccccc2c3C(=O)OC2CCCN(Cc3ccc(F)cc3F)C2=O)cc(OC)c1OC. The molecule has 1 saturated heterocycles. The molecule has 1 fully saturated rings. The molecule has 3 aromatic carbocycles. The van der Waals surface area contributed by atoms with Crippen LogP contribution in [-0.2, 0) is 22.5 Å². The molecular formula is C40H42F2N2O6. The van der Waals surface area contributed by atoms with Crippen LogP contribution in [0.4, 0.5) is 8.78 Å². The molecule has 1 aliphatic heterocycles. The number of esters is 1. The van der Waals surface area contributed by atoms with E-state index in [0.29, 0.717) is 71.6 Å². The number of allylic oxidation sites excluding steroid dienone is 1. The van der Waals surface area contributed by atoms with Gasteiger partial charge in [0, 0.05) is 30.1 Å². The Hall–Kier alpha value is -4.99. The smallest absolute Gasteiger partial charge is 0.339 e. The van der Waals surface area contributed by atoms with Gasteiger partial charge >= 0.3 is 5.97 Å². The summed E-state index contributed by atoms with van der Waals surface area (Å²) in [4.78, 5) is 34.6. The van der Waals surface area contributed by atoms with Gasteiger partial charge in [-0.1, -0.05) is 45.0 Å². The number of fused-ring (bicyclic) bond motifs is 2. The first-order chi connectivity index (χ1) is 23.9. The molecule has 2 aliphatic rings. The molecule has 0 saturated carbocycles. The molecule has 8 nitrogen and oxygen atoms in total. The van der Waals surface area contributed by atoms with Gasteiger partial charge < -0.3 is 23.8 Å². The van der Waals surface area contributed by atoms with Crippen LogP contribution in [0.5, 0.6) is 17.2 Å². The summed E-state index contributed by atoms with van der Waals surface area (Å²) in [5.74, 6) is -0.748. The number of carbonyl (C=O) groups is 2. The average Bonchev–Trinajstić information content (AvgIpc) is 3.09. The average molecular weight is 685 g/mol. The number of amides is 1. The lowest BCUT2D eigenvalue weighted by Crippen LogP contribution is -2.45. The van der Waals surface area contributed by atoms with E-state index in [4.69, 9.17) is 23.9 Å². The Bertz CT molecular complexity index is 1960. The number of ether oxygens (including phenoxy) is 4. The van der Waals surface area contributed by atoms with Crippen LogP contribution < -0.4 is 14.2 Å². The maximum Gasteiger partial charge on any atom is 0.339 e. The Kier molecular flexibility index (Phi) is 9.82. The molecule has 1 aliphatic carbocycles. The Morgan fingerprint density at radius 2 is 1.70 bits per heavy atom. The monoisotopic (exact) mass is 684 g/mol. The van der Waals surface area contributed by atoms with Crippen LogP contribution >= 0.6 is 0 Å². The van der Waals surface area contributed by atoms with Gasteiger partial charge in [0.05, 0.1) is 38.1 Å². The second-order valence-corrected chi connectivity index (χ2v) is 14.0. The fourth-order valence-corrected chi connectivity index (χ4v) is 6.97. The molecule has 0 N–H and O–H groups in total. The van der Waals surface area contributed by atoms with Crippen LogP contribution in [0.15, 0.2) is 54.6 Å². The highest BCUT2D eigenvalue weighted by molar-refractivity contribution is 6.07. The summed E-state index contributed by atoms with van der Waals surface area (Å²) in [6.07, 6.45) is 3.21. The van der Waals surface area contributed by atoms with E-state index >= 15 is 0 Å². The number of likely N-dealkylation sites (tertiary alicyclic amines) is 1. The standard InChI is InChI=1S/C40H42F2N2O6/c1-40(2,3)26-19-25(16-23-17-33(47-4)37(49-6)34(18-23)48-5)36-29(20-26)35(28-10-7-8-11-31(28)43-36)39(46)50-32-12-9-15-44(38(32)45)22-24-13-14-27(41)21-30(24)42/h7-8,10-11,13-14,16-18,21,26,32H,9,12,15,19-20,22H2,1-6H3/b25-16-. The maximum atomic E-state index is 14.5. The normalized spacial score (nSPS) is 18.6.